The molecule has 0 bridgehead atoms. The third-order valence-corrected chi connectivity index (χ3v) is 2.71. The van der Waals surface area contributed by atoms with Crippen molar-refractivity contribution in [1.82, 2.24) is 9.97 Å². The SMILES string of the molecule is CC(C)(C)Nc1nccc(NCCc2ccccc2)n1. The highest BCUT2D eigenvalue weighted by Crippen LogP contribution is 2.11. The lowest BCUT2D eigenvalue weighted by molar-refractivity contribution is 0.626. The van der Waals surface area contributed by atoms with E-state index in [1.165, 1.54) is 5.56 Å². The molecule has 0 fully saturated rings. The lowest BCUT2D eigenvalue weighted by Crippen LogP contribution is -2.27. The third-order valence-electron chi connectivity index (χ3n) is 2.71. The summed E-state index contributed by atoms with van der Waals surface area (Å²) in [5, 5.41) is 6.60. The maximum absolute atomic E-state index is 4.46. The molecule has 0 saturated carbocycles. The first-order chi connectivity index (χ1) is 9.53. The van der Waals surface area contributed by atoms with Crippen LogP contribution in [0.5, 0.6) is 0 Å². The first-order valence-electron chi connectivity index (χ1n) is 6.92. The Labute approximate surface area is 120 Å². The van der Waals surface area contributed by atoms with E-state index in [0.29, 0.717) is 5.95 Å². The molecule has 0 amide bonds. The Hall–Kier alpha value is -2.10. The molecule has 2 N–H and O–H groups in total. The largest absolute Gasteiger partial charge is 0.370 e. The minimum absolute atomic E-state index is 0.0390. The maximum Gasteiger partial charge on any atom is 0.224 e. The number of nitrogens with one attached hydrogen (secondary N) is 2. The smallest absolute Gasteiger partial charge is 0.224 e. The highest BCUT2D eigenvalue weighted by Gasteiger charge is 2.11. The van der Waals surface area contributed by atoms with Gasteiger partial charge in [0, 0.05) is 18.3 Å². The average molecular weight is 270 g/mol. The summed E-state index contributed by atoms with van der Waals surface area (Å²) in [5.41, 5.74) is 1.28. The zero-order chi connectivity index (χ0) is 14.4. The Kier molecular flexibility index (Phi) is 4.56. The van der Waals surface area contributed by atoms with Gasteiger partial charge in [-0.1, -0.05) is 30.3 Å². The number of nitrogens with zero attached hydrogens (tertiary/aromatic N) is 2. The first-order valence-corrected chi connectivity index (χ1v) is 6.92. The van der Waals surface area contributed by atoms with Gasteiger partial charge in [-0.3, -0.25) is 0 Å². The summed E-state index contributed by atoms with van der Waals surface area (Å²) in [4.78, 5) is 8.68. The zero-order valence-corrected chi connectivity index (χ0v) is 12.4. The maximum atomic E-state index is 4.46. The van der Waals surface area contributed by atoms with Crippen molar-refractivity contribution in [2.75, 3.05) is 17.2 Å². The summed E-state index contributed by atoms with van der Waals surface area (Å²) >= 11 is 0. The van der Waals surface area contributed by atoms with Crippen molar-refractivity contribution in [1.29, 1.82) is 0 Å². The van der Waals surface area contributed by atoms with Crippen molar-refractivity contribution in [2.45, 2.75) is 32.7 Å². The van der Waals surface area contributed by atoms with Gasteiger partial charge in [-0.15, -0.1) is 0 Å². The molecule has 4 nitrogen and oxygen atoms in total. The quantitative estimate of drug-likeness (QED) is 0.875. The van der Waals surface area contributed by atoms with E-state index in [1.54, 1.807) is 6.20 Å². The topological polar surface area (TPSA) is 49.8 Å². The summed E-state index contributed by atoms with van der Waals surface area (Å²) in [7, 11) is 0. The van der Waals surface area contributed by atoms with Crippen LogP contribution in [0, 0.1) is 0 Å². The molecular formula is C16H22N4. The van der Waals surface area contributed by atoms with Gasteiger partial charge >= 0.3 is 0 Å². The van der Waals surface area contributed by atoms with Crippen molar-refractivity contribution in [2.24, 2.45) is 0 Å². The van der Waals surface area contributed by atoms with Crippen LogP contribution < -0.4 is 10.6 Å². The second-order valence-electron chi connectivity index (χ2n) is 5.80. The fraction of sp³-hybridized carbons (Fsp3) is 0.375. The Morgan fingerprint density at radius 2 is 1.80 bits per heavy atom. The monoisotopic (exact) mass is 270 g/mol. The van der Waals surface area contributed by atoms with Crippen molar-refractivity contribution in [3.05, 3.63) is 48.2 Å². The Bertz CT molecular complexity index is 532. The molecule has 0 radical (unpaired) electrons. The van der Waals surface area contributed by atoms with Crippen LogP contribution in [0.3, 0.4) is 0 Å². The van der Waals surface area contributed by atoms with Gasteiger partial charge < -0.3 is 10.6 Å². The average Bonchev–Trinajstić information content (AvgIpc) is 2.38. The first kappa shape index (κ1) is 14.3. The number of hydrogen-bond donors (Lipinski definition) is 2. The fourth-order valence-corrected chi connectivity index (χ4v) is 1.83. The van der Waals surface area contributed by atoms with Gasteiger partial charge in [-0.05, 0) is 38.8 Å². The van der Waals surface area contributed by atoms with Gasteiger partial charge in [0.1, 0.15) is 5.82 Å². The normalized spacial score (nSPS) is 11.2. The molecule has 4 heteroatoms. The van der Waals surface area contributed by atoms with E-state index < -0.39 is 0 Å². The van der Waals surface area contributed by atoms with E-state index in [1.807, 2.05) is 12.1 Å². The number of aromatic nitrogens is 2. The summed E-state index contributed by atoms with van der Waals surface area (Å²) in [6.45, 7) is 7.12. The lowest BCUT2D eigenvalue weighted by Gasteiger charge is -2.20. The highest BCUT2D eigenvalue weighted by molar-refractivity contribution is 5.40. The van der Waals surface area contributed by atoms with E-state index in [9.17, 15) is 0 Å². The van der Waals surface area contributed by atoms with Crippen LogP contribution in [-0.2, 0) is 6.42 Å². The van der Waals surface area contributed by atoms with E-state index in [-0.39, 0.29) is 5.54 Å². The molecule has 0 saturated heterocycles. The molecular weight excluding hydrogens is 248 g/mol. The second kappa shape index (κ2) is 6.37. The molecule has 0 unspecified atom stereocenters. The summed E-state index contributed by atoms with van der Waals surface area (Å²) < 4.78 is 0. The lowest BCUT2D eigenvalue weighted by atomic mass is 10.1. The van der Waals surface area contributed by atoms with Gasteiger partial charge in [0.2, 0.25) is 5.95 Å². The number of anilines is 2. The molecule has 2 aromatic rings. The second-order valence-corrected chi connectivity index (χ2v) is 5.80. The Morgan fingerprint density at radius 3 is 2.50 bits per heavy atom. The van der Waals surface area contributed by atoms with Crippen LogP contribution >= 0.6 is 0 Å². The molecule has 0 spiro atoms. The molecule has 20 heavy (non-hydrogen) atoms. The van der Waals surface area contributed by atoms with Gasteiger partial charge in [0.15, 0.2) is 0 Å². The van der Waals surface area contributed by atoms with Crippen molar-refractivity contribution in [3.63, 3.8) is 0 Å². The molecule has 0 aliphatic carbocycles. The van der Waals surface area contributed by atoms with Crippen LogP contribution in [0.25, 0.3) is 0 Å². The Morgan fingerprint density at radius 1 is 1.05 bits per heavy atom. The predicted molar refractivity (Wildman–Crippen MR) is 84.0 cm³/mol. The van der Waals surface area contributed by atoms with Gasteiger partial charge in [-0.2, -0.15) is 4.98 Å². The summed E-state index contributed by atoms with van der Waals surface area (Å²) in [6.07, 6.45) is 2.75. The molecule has 1 aromatic carbocycles. The minimum Gasteiger partial charge on any atom is -0.370 e. The van der Waals surface area contributed by atoms with E-state index >= 15 is 0 Å². The number of rotatable bonds is 5. The molecule has 1 aromatic heterocycles. The predicted octanol–water partition coefficient (Wildman–Crippen LogP) is 3.34. The zero-order valence-electron chi connectivity index (χ0n) is 12.4. The molecule has 0 aliphatic heterocycles. The fourth-order valence-electron chi connectivity index (χ4n) is 1.83. The number of hydrogen-bond acceptors (Lipinski definition) is 4. The van der Waals surface area contributed by atoms with Crippen molar-refractivity contribution < 1.29 is 0 Å². The van der Waals surface area contributed by atoms with Crippen molar-refractivity contribution >= 4 is 11.8 Å². The van der Waals surface area contributed by atoms with Gasteiger partial charge in [0.05, 0.1) is 0 Å². The van der Waals surface area contributed by atoms with Crippen molar-refractivity contribution in [3.8, 4) is 0 Å². The highest BCUT2D eigenvalue weighted by atomic mass is 15.2. The van der Waals surface area contributed by atoms with E-state index in [0.717, 1.165) is 18.8 Å². The minimum atomic E-state index is -0.0390. The molecule has 1 heterocycles. The number of benzene rings is 1. The third kappa shape index (κ3) is 4.88. The molecule has 0 atom stereocenters. The van der Waals surface area contributed by atoms with Crippen LogP contribution in [-0.4, -0.2) is 22.1 Å². The van der Waals surface area contributed by atoms with E-state index in [2.05, 4.69) is 65.6 Å². The van der Waals surface area contributed by atoms with Gasteiger partial charge in [-0.25, -0.2) is 4.98 Å². The summed E-state index contributed by atoms with van der Waals surface area (Å²) in [6, 6.07) is 12.3. The van der Waals surface area contributed by atoms with Crippen LogP contribution in [0.4, 0.5) is 11.8 Å². The van der Waals surface area contributed by atoms with Crippen LogP contribution in [0.1, 0.15) is 26.3 Å². The van der Waals surface area contributed by atoms with Crippen LogP contribution in [0.2, 0.25) is 0 Å². The molecule has 106 valence electrons. The molecule has 2 rings (SSSR count). The summed E-state index contributed by atoms with van der Waals surface area (Å²) in [5.74, 6) is 1.50. The Balaban J connectivity index is 1.88. The standard InChI is InChI=1S/C16H22N4/c1-16(2,3)20-15-18-12-10-14(19-15)17-11-9-13-7-5-4-6-8-13/h4-8,10,12H,9,11H2,1-3H3,(H2,17,18,19,20). The van der Waals surface area contributed by atoms with Crippen LogP contribution in [0.15, 0.2) is 42.6 Å². The van der Waals surface area contributed by atoms with E-state index in [4.69, 9.17) is 0 Å². The van der Waals surface area contributed by atoms with Gasteiger partial charge in [0.25, 0.3) is 0 Å². The molecule has 0 aliphatic rings.